The van der Waals surface area contributed by atoms with E-state index in [1.54, 1.807) is 0 Å². The maximum atomic E-state index is 9.99. The first-order valence-electron chi connectivity index (χ1n) is 6.84. The lowest BCUT2D eigenvalue weighted by Crippen LogP contribution is -2.46. The highest BCUT2D eigenvalue weighted by atomic mass is 16.5. The van der Waals surface area contributed by atoms with Gasteiger partial charge in [0.2, 0.25) is 0 Å². The van der Waals surface area contributed by atoms with Crippen molar-refractivity contribution in [2.75, 3.05) is 26.4 Å². The van der Waals surface area contributed by atoms with E-state index < -0.39 is 12.2 Å². The lowest BCUT2D eigenvalue weighted by atomic mass is 9.88. The number of aliphatic hydroxyl groups is 3. The van der Waals surface area contributed by atoms with Crippen molar-refractivity contribution in [1.29, 1.82) is 0 Å². The highest BCUT2D eigenvalue weighted by Gasteiger charge is 2.27. The highest BCUT2D eigenvalue weighted by Crippen LogP contribution is 2.17. The third-order valence-electron chi connectivity index (χ3n) is 3.96. The van der Waals surface area contributed by atoms with Gasteiger partial charge in [-0.15, -0.1) is 0 Å². The van der Waals surface area contributed by atoms with Crippen LogP contribution in [0.3, 0.4) is 0 Å². The summed E-state index contributed by atoms with van der Waals surface area (Å²) in [5.74, 6) is -0.140. The Morgan fingerprint density at radius 2 is 1.83 bits per heavy atom. The predicted octanol–water partition coefficient (Wildman–Crippen LogP) is -0.259. The SMILES string of the molecule is C[C@@H]([C@H](O)[C@@H](O)CNC1CCOCC1)[C@H](C)CO. The second kappa shape index (κ2) is 8.07. The summed E-state index contributed by atoms with van der Waals surface area (Å²) in [7, 11) is 0. The van der Waals surface area contributed by atoms with Gasteiger partial charge in [0.05, 0.1) is 12.2 Å². The normalized spacial score (nSPS) is 24.5. The molecule has 4 N–H and O–H groups in total. The molecule has 1 aliphatic heterocycles. The van der Waals surface area contributed by atoms with Crippen molar-refractivity contribution in [1.82, 2.24) is 5.32 Å². The molecular weight excluding hydrogens is 234 g/mol. The summed E-state index contributed by atoms with van der Waals surface area (Å²) in [6.45, 7) is 5.64. The van der Waals surface area contributed by atoms with Crippen LogP contribution in [0.25, 0.3) is 0 Å². The van der Waals surface area contributed by atoms with Gasteiger partial charge in [0.25, 0.3) is 0 Å². The average molecular weight is 261 g/mol. The van der Waals surface area contributed by atoms with Crippen LogP contribution < -0.4 is 5.32 Å². The second-order valence-electron chi connectivity index (χ2n) is 5.37. The monoisotopic (exact) mass is 261 g/mol. The van der Waals surface area contributed by atoms with Crippen molar-refractivity contribution in [3.05, 3.63) is 0 Å². The van der Waals surface area contributed by atoms with Crippen molar-refractivity contribution in [3.8, 4) is 0 Å². The van der Waals surface area contributed by atoms with Gasteiger partial charge in [0.15, 0.2) is 0 Å². The van der Waals surface area contributed by atoms with E-state index in [1.807, 2.05) is 13.8 Å². The Morgan fingerprint density at radius 1 is 1.22 bits per heavy atom. The summed E-state index contributed by atoms with van der Waals surface area (Å²) >= 11 is 0. The van der Waals surface area contributed by atoms with E-state index in [9.17, 15) is 10.2 Å². The van der Waals surface area contributed by atoms with E-state index in [4.69, 9.17) is 9.84 Å². The Hall–Kier alpha value is -0.200. The van der Waals surface area contributed by atoms with Crippen LogP contribution in [0.4, 0.5) is 0 Å². The first-order valence-corrected chi connectivity index (χ1v) is 6.84. The zero-order valence-electron chi connectivity index (χ0n) is 11.4. The summed E-state index contributed by atoms with van der Waals surface area (Å²) in [4.78, 5) is 0. The molecule has 0 amide bonds. The molecule has 5 nitrogen and oxygen atoms in total. The lowest BCUT2D eigenvalue weighted by Gasteiger charge is -2.30. The van der Waals surface area contributed by atoms with Crippen LogP contribution in [-0.2, 0) is 4.74 Å². The summed E-state index contributed by atoms with van der Waals surface area (Å²) in [6.07, 6.45) is 0.299. The van der Waals surface area contributed by atoms with Gasteiger partial charge in [0, 0.05) is 32.4 Å². The Bertz CT molecular complexity index is 221. The minimum atomic E-state index is -0.806. The fourth-order valence-electron chi connectivity index (χ4n) is 2.16. The van der Waals surface area contributed by atoms with Gasteiger partial charge in [-0.3, -0.25) is 0 Å². The van der Waals surface area contributed by atoms with Gasteiger partial charge in [-0.05, 0) is 24.7 Å². The molecular formula is C13H27NO4. The van der Waals surface area contributed by atoms with E-state index >= 15 is 0 Å². The van der Waals surface area contributed by atoms with Crippen LogP contribution in [0.15, 0.2) is 0 Å². The predicted molar refractivity (Wildman–Crippen MR) is 69.3 cm³/mol. The van der Waals surface area contributed by atoms with E-state index in [0.29, 0.717) is 12.6 Å². The van der Waals surface area contributed by atoms with Crippen LogP contribution >= 0.6 is 0 Å². The standard InChI is InChI=1S/C13H27NO4/c1-9(8-15)10(2)13(17)12(16)7-14-11-3-5-18-6-4-11/h9-17H,3-8H2,1-2H3/t9-,10-,12+,13+/m1/s1. The van der Waals surface area contributed by atoms with E-state index in [1.165, 1.54) is 0 Å². The average Bonchev–Trinajstić information content (AvgIpc) is 2.43. The summed E-state index contributed by atoms with van der Waals surface area (Å²) in [5.41, 5.74) is 0. The molecule has 0 aliphatic carbocycles. The third-order valence-corrected chi connectivity index (χ3v) is 3.96. The van der Waals surface area contributed by atoms with Gasteiger partial charge in [-0.25, -0.2) is 0 Å². The van der Waals surface area contributed by atoms with Crippen LogP contribution in [0, 0.1) is 11.8 Å². The Morgan fingerprint density at radius 3 is 2.39 bits per heavy atom. The van der Waals surface area contributed by atoms with Gasteiger partial charge >= 0.3 is 0 Å². The molecule has 0 bridgehead atoms. The molecule has 0 aromatic heterocycles. The number of nitrogens with one attached hydrogen (secondary N) is 1. The maximum Gasteiger partial charge on any atom is 0.0925 e. The number of aliphatic hydroxyl groups excluding tert-OH is 3. The molecule has 1 aliphatic rings. The Balaban J connectivity index is 2.27. The van der Waals surface area contributed by atoms with Gasteiger partial charge in [-0.2, -0.15) is 0 Å². The highest BCUT2D eigenvalue weighted by molar-refractivity contribution is 4.80. The topological polar surface area (TPSA) is 82.0 Å². The molecule has 0 unspecified atom stereocenters. The molecule has 0 radical (unpaired) electrons. The quantitative estimate of drug-likeness (QED) is 0.508. The molecule has 108 valence electrons. The molecule has 18 heavy (non-hydrogen) atoms. The minimum absolute atomic E-state index is 0.0160. The van der Waals surface area contributed by atoms with Gasteiger partial charge in [0.1, 0.15) is 0 Å². The zero-order chi connectivity index (χ0) is 13.5. The van der Waals surface area contributed by atoms with E-state index in [2.05, 4.69) is 5.32 Å². The largest absolute Gasteiger partial charge is 0.396 e. The molecule has 0 aromatic carbocycles. The molecule has 5 heteroatoms. The molecule has 1 heterocycles. The first kappa shape index (κ1) is 15.9. The first-order chi connectivity index (χ1) is 8.56. The molecule has 0 spiro atoms. The van der Waals surface area contributed by atoms with Crippen molar-refractivity contribution in [3.63, 3.8) is 0 Å². The summed E-state index contributed by atoms with van der Waals surface area (Å²) in [5, 5.41) is 32.2. The fraction of sp³-hybridized carbons (Fsp3) is 1.00. The molecule has 0 saturated carbocycles. The zero-order valence-corrected chi connectivity index (χ0v) is 11.4. The fourth-order valence-corrected chi connectivity index (χ4v) is 2.16. The van der Waals surface area contributed by atoms with Crippen LogP contribution in [-0.4, -0.2) is 59.9 Å². The lowest BCUT2D eigenvalue weighted by molar-refractivity contribution is -0.0344. The maximum absolute atomic E-state index is 9.99. The summed E-state index contributed by atoms with van der Waals surface area (Å²) < 4.78 is 5.26. The van der Waals surface area contributed by atoms with Gasteiger partial charge in [-0.1, -0.05) is 13.8 Å². The molecule has 1 rings (SSSR count). The Kier molecular flexibility index (Phi) is 7.11. The van der Waals surface area contributed by atoms with Crippen molar-refractivity contribution >= 4 is 0 Å². The van der Waals surface area contributed by atoms with Crippen molar-refractivity contribution in [2.45, 2.75) is 44.9 Å². The smallest absolute Gasteiger partial charge is 0.0925 e. The van der Waals surface area contributed by atoms with E-state index in [0.717, 1.165) is 26.1 Å². The van der Waals surface area contributed by atoms with Crippen LogP contribution in [0.2, 0.25) is 0 Å². The van der Waals surface area contributed by atoms with Crippen LogP contribution in [0.5, 0.6) is 0 Å². The number of ether oxygens (including phenoxy) is 1. The third kappa shape index (κ3) is 4.82. The number of hydrogen-bond acceptors (Lipinski definition) is 5. The Labute approximate surface area is 109 Å². The summed E-state index contributed by atoms with van der Waals surface area (Å²) in [6, 6.07) is 0.367. The molecule has 1 saturated heterocycles. The molecule has 4 atom stereocenters. The van der Waals surface area contributed by atoms with E-state index in [-0.39, 0.29) is 18.4 Å². The minimum Gasteiger partial charge on any atom is -0.396 e. The second-order valence-corrected chi connectivity index (χ2v) is 5.37. The van der Waals surface area contributed by atoms with Crippen molar-refractivity contribution < 1.29 is 20.1 Å². The van der Waals surface area contributed by atoms with Crippen molar-refractivity contribution in [2.24, 2.45) is 11.8 Å². The molecule has 0 aromatic rings. The number of rotatable bonds is 7. The number of hydrogen-bond donors (Lipinski definition) is 4. The van der Waals surface area contributed by atoms with Crippen LogP contribution in [0.1, 0.15) is 26.7 Å². The molecule has 1 fully saturated rings. The van der Waals surface area contributed by atoms with Gasteiger partial charge < -0.3 is 25.4 Å².